The molecule has 0 aromatic heterocycles. The van der Waals surface area contributed by atoms with E-state index in [1.54, 1.807) is 0 Å². The molecule has 0 saturated carbocycles. The van der Waals surface area contributed by atoms with Crippen LogP contribution in [0.3, 0.4) is 0 Å². The van der Waals surface area contributed by atoms with Crippen LogP contribution < -0.4 is 4.90 Å². The molecular formula is C23H26FN2O2+. The number of hydrogen-bond acceptors (Lipinski definition) is 2. The van der Waals surface area contributed by atoms with E-state index in [2.05, 4.69) is 0 Å². The summed E-state index contributed by atoms with van der Waals surface area (Å²) < 4.78 is 13.1. The Kier molecular flexibility index (Phi) is 5.53. The molecule has 4 rings (SSSR count). The van der Waals surface area contributed by atoms with Crippen LogP contribution in [-0.2, 0) is 16.0 Å². The van der Waals surface area contributed by atoms with Crippen LogP contribution in [0.1, 0.15) is 36.3 Å². The van der Waals surface area contributed by atoms with Gasteiger partial charge in [0.15, 0.2) is 6.04 Å². The molecule has 0 unspecified atom stereocenters. The number of rotatable bonds is 5. The van der Waals surface area contributed by atoms with Crippen molar-refractivity contribution in [2.45, 2.75) is 37.6 Å². The topological polar surface area (TPSA) is 41.8 Å². The van der Waals surface area contributed by atoms with E-state index in [9.17, 15) is 14.0 Å². The standard InChI is InChI=1S/C23H25FN2O2/c24-20-8-6-18(7-9-20)19-11-13-25(14-12-19)21-16-22(27)26(23(21)28)15-10-17-4-2-1-3-5-17/h1-9,19,21H,10-16H2/p+1/t21-/m1/s1. The lowest BCUT2D eigenvalue weighted by atomic mass is 9.89. The first-order valence-corrected chi connectivity index (χ1v) is 10.1. The summed E-state index contributed by atoms with van der Waals surface area (Å²) >= 11 is 0. The molecule has 2 amide bonds. The Labute approximate surface area is 164 Å². The minimum Gasteiger partial charge on any atom is -0.324 e. The molecule has 2 aromatic carbocycles. The van der Waals surface area contributed by atoms with Crippen LogP contribution in [0, 0.1) is 5.82 Å². The summed E-state index contributed by atoms with van der Waals surface area (Å²) in [6, 6.07) is 16.5. The van der Waals surface area contributed by atoms with Crippen molar-refractivity contribution in [2.75, 3.05) is 19.6 Å². The molecule has 5 heteroatoms. The molecule has 1 atom stereocenters. The number of halogens is 1. The fraction of sp³-hybridized carbons (Fsp3) is 0.391. The van der Waals surface area contributed by atoms with E-state index in [1.807, 2.05) is 42.5 Å². The highest BCUT2D eigenvalue weighted by Crippen LogP contribution is 2.25. The van der Waals surface area contributed by atoms with Crippen molar-refractivity contribution in [1.29, 1.82) is 0 Å². The van der Waals surface area contributed by atoms with Gasteiger partial charge in [-0.05, 0) is 35.6 Å². The van der Waals surface area contributed by atoms with Crippen molar-refractivity contribution in [2.24, 2.45) is 0 Å². The molecule has 2 aliphatic rings. The Balaban J connectivity index is 1.33. The summed E-state index contributed by atoms with van der Waals surface area (Å²) in [5.74, 6) is 0.137. The molecule has 2 heterocycles. The van der Waals surface area contributed by atoms with E-state index in [-0.39, 0.29) is 23.7 Å². The molecule has 1 N–H and O–H groups in total. The molecule has 0 bridgehead atoms. The molecular weight excluding hydrogens is 355 g/mol. The van der Waals surface area contributed by atoms with Crippen molar-refractivity contribution in [3.05, 3.63) is 71.5 Å². The fourth-order valence-corrected chi connectivity index (χ4v) is 4.53. The van der Waals surface area contributed by atoms with Gasteiger partial charge in [0.2, 0.25) is 5.91 Å². The first-order chi connectivity index (χ1) is 13.6. The third kappa shape index (κ3) is 3.99. The third-order valence-electron chi connectivity index (χ3n) is 6.17. The van der Waals surface area contributed by atoms with Gasteiger partial charge in [0.1, 0.15) is 5.82 Å². The van der Waals surface area contributed by atoms with E-state index < -0.39 is 0 Å². The second-order valence-corrected chi connectivity index (χ2v) is 7.86. The number of carbonyl (C=O) groups is 2. The van der Waals surface area contributed by atoms with Gasteiger partial charge in [-0.3, -0.25) is 14.5 Å². The summed E-state index contributed by atoms with van der Waals surface area (Å²) in [5, 5.41) is 0. The lowest BCUT2D eigenvalue weighted by Crippen LogP contribution is -3.17. The molecule has 2 aliphatic heterocycles. The van der Waals surface area contributed by atoms with Crippen LogP contribution in [0.5, 0.6) is 0 Å². The van der Waals surface area contributed by atoms with Gasteiger partial charge in [0.05, 0.1) is 19.5 Å². The number of nitrogens with one attached hydrogen (secondary N) is 1. The Morgan fingerprint density at radius 3 is 2.32 bits per heavy atom. The Morgan fingerprint density at radius 2 is 1.64 bits per heavy atom. The highest BCUT2D eigenvalue weighted by Gasteiger charge is 2.45. The monoisotopic (exact) mass is 381 g/mol. The zero-order valence-corrected chi connectivity index (χ0v) is 15.9. The fourth-order valence-electron chi connectivity index (χ4n) is 4.53. The molecule has 2 saturated heterocycles. The number of amides is 2. The highest BCUT2D eigenvalue weighted by atomic mass is 19.1. The number of quaternary nitrogens is 1. The summed E-state index contributed by atoms with van der Waals surface area (Å²) in [4.78, 5) is 28.0. The van der Waals surface area contributed by atoms with Gasteiger partial charge in [-0.1, -0.05) is 42.5 Å². The smallest absolute Gasteiger partial charge is 0.288 e. The minimum absolute atomic E-state index is 0.0174. The SMILES string of the molecule is O=C1C[C@@H]([NH+]2CCC(c3ccc(F)cc3)CC2)C(=O)N1CCc1ccccc1. The highest BCUT2D eigenvalue weighted by molar-refractivity contribution is 6.04. The molecule has 2 fully saturated rings. The molecule has 146 valence electrons. The maximum Gasteiger partial charge on any atom is 0.288 e. The lowest BCUT2D eigenvalue weighted by Gasteiger charge is -2.32. The van der Waals surface area contributed by atoms with Crippen molar-refractivity contribution >= 4 is 11.8 Å². The van der Waals surface area contributed by atoms with E-state index >= 15 is 0 Å². The molecule has 2 aromatic rings. The van der Waals surface area contributed by atoms with Gasteiger partial charge in [-0.25, -0.2) is 4.39 Å². The number of carbonyl (C=O) groups excluding carboxylic acids is 2. The number of imide groups is 1. The van der Waals surface area contributed by atoms with Crippen molar-refractivity contribution in [3.8, 4) is 0 Å². The van der Waals surface area contributed by atoms with Crippen LogP contribution in [-0.4, -0.2) is 42.4 Å². The Bertz CT molecular complexity index is 829. The number of hydrogen-bond donors (Lipinski definition) is 1. The average molecular weight is 381 g/mol. The average Bonchev–Trinajstić information content (AvgIpc) is 3.01. The van der Waals surface area contributed by atoms with Crippen LogP contribution in [0.2, 0.25) is 0 Å². The van der Waals surface area contributed by atoms with Crippen molar-refractivity contribution < 1.29 is 18.9 Å². The van der Waals surface area contributed by atoms with E-state index in [4.69, 9.17) is 0 Å². The third-order valence-corrected chi connectivity index (χ3v) is 6.17. The number of benzene rings is 2. The molecule has 4 nitrogen and oxygen atoms in total. The van der Waals surface area contributed by atoms with Crippen LogP contribution >= 0.6 is 0 Å². The van der Waals surface area contributed by atoms with Gasteiger partial charge in [-0.15, -0.1) is 0 Å². The molecule has 0 aliphatic carbocycles. The molecule has 0 spiro atoms. The minimum atomic E-state index is -0.238. The van der Waals surface area contributed by atoms with Gasteiger partial charge in [0.25, 0.3) is 5.91 Å². The van der Waals surface area contributed by atoms with E-state index in [0.29, 0.717) is 25.3 Å². The summed E-state index contributed by atoms with van der Waals surface area (Å²) in [7, 11) is 0. The quantitative estimate of drug-likeness (QED) is 0.805. The Hall–Kier alpha value is -2.53. The van der Waals surface area contributed by atoms with E-state index in [1.165, 1.54) is 27.5 Å². The predicted molar refractivity (Wildman–Crippen MR) is 104 cm³/mol. The molecule has 0 radical (unpaired) electrons. The van der Waals surface area contributed by atoms with Gasteiger partial charge >= 0.3 is 0 Å². The number of nitrogens with zero attached hydrogens (tertiary/aromatic N) is 1. The largest absolute Gasteiger partial charge is 0.324 e. The van der Waals surface area contributed by atoms with E-state index in [0.717, 1.165) is 31.5 Å². The Morgan fingerprint density at radius 1 is 0.964 bits per heavy atom. The lowest BCUT2D eigenvalue weighted by molar-refractivity contribution is -0.920. The molecule has 28 heavy (non-hydrogen) atoms. The van der Waals surface area contributed by atoms with Crippen LogP contribution in [0.25, 0.3) is 0 Å². The second kappa shape index (κ2) is 8.23. The van der Waals surface area contributed by atoms with Crippen molar-refractivity contribution in [1.82, 2.24) is 4.90 Å². The first-order valence-electron chi connectivity index (χ1n) is 10.1. The summed E-state index contributed by atoms with van der Waals surface area (Å²) in [5.41, 5.74) is 2.30. The van der Waals surface area contributed by atoms with Crippen LogP contribution in [0.4, 0.5) is 4.39 Å². The predicted octanol–water partition coefficient (Wildman–Crippen LogP) is 1.96. The zero-order valence-electron chi connectivity index (χ0n) is 15.9. The van der Waals surface area contributed by atoms with Gasteiger partial charge in [0, 0.05) is 19.4 Å². The number of likely N-dealkylation sites (tertiary alicyclic amines) is 2. The summed E-state index contributed by atoms with van der Waals surface area (Å²) in [6.45, 7) is 2.21. The second-order valence-electron chi connectivity index (χ2n) is 7.86. The summed E-state index contributed by atoms with van der Waals surface area (Å²) in [6.07, 6.45) is 2.95. The van der Waals surface area contributed by atoms with Crippen molar-refractivity contribution in [3.63, 3.8) is 0 Å². The number of piperidine rings is 1. The van der Waals surface area contributed by atoms with Gasteiger partial charge in [-0.2, -0.15) is 0 Å². The first kappa shape index (κ1) is 18.8. The zero-order chi connectivity index (χ0) is 19.5. The van der Waals surface area contributed by atoms with Crippen LogP contribution in [0.15, 0.2) is 54.6 Å². The maximum absolute atomic E-state index is 13.1. The normalized spacial score (nSPS) is 25.3. The maximum atomic E-state index is 13.1. The van der Waals surface area contributed by atoms with Gasteiger partial charge < -0.3 is 4.90 Å².